The van der Waals surface area contributed by atoms with Crippen molar-refractivity contribution in [3.8, 4) is 5.75 Å². The van der Waals surface area contributed by atoms with Crippen LogP contribution < -0.4 is 10.1 Å². The van der Waals surface area contributed by atoms with Crippen LogP contribution >= 0.6 is 0 Å². The molecule has 0 aromatic heterocycles. The number of imide groups is 1. The van der Waals surface area contributed by atoms with E-state index in [1.807, 2.05) is 31.2 Å². The summed E-state index contributed by atoms with van der Waals surface area (Å²) in [5.74, 6) is 0.588. The van der Waals surface area contributed by atoms with Gasteiger partial charge in [-0.1, -0.05) is 19.1 Å². The largest absolute Gasteiger partial charge is 0.497 e. The second-order valence-electron chi connectivity index (χ2n) is 4.87. The van der Waals surface area contributed by atoms with Crippen LogP contribution in [0, 0.1) is 0 Å². The lowest BCUT2D eigenvalue weighted by Gasteiger charge is -2.14. The average Bonchev–Trinajstić information content (AvgIpc) is 2.73. The number of carbonyl (C=O) groups excluding carboxylic acids is 2. The van der Waals surface area contributed by atoms with Gasteiger partial charge in [-0.25, -0.2) is 0 Å². The zero-order valence-electron chi connectivity index (χ0n) is 11.9. The zero-order valence-corrected chi connectivity index (χ0v) is 11.9. The Bertz CT molecular complexity index is 502. The van der Waals surface area contributed by atoms with E-state index < -0.39 is 6.04 Å². The van der Waals surface area contributed by atoms with Crippen LogP contribution in [0.25, 0.3) is 0 Å². The van der Waals surface area contributed by atoms with Gasteiger partial charge in [0.2, 0.25) is 11.8 Å². The molecule has 1 aromatic carbocycles. The molecule has 1 saturated heterocycles. The fourth-order valence-electron chi connectivity index (χ4n) is 2.32. The summed E-state index contributed by atoms with van der Waals surface area (Å²) in [6.45, 7) is 3.01. The monoisotopic (exact) mass is 276 g/mol. The molecule has 1 atom stereocenters. The molecule has 1 fully saturated rings. The summed E-state index contributed by atoms with van der Waals surface area (Å²) in [6, 6.07) is 7.25. The molecule has 5 heteroatoms. The molecule has 5 nitrogen and oxygen atoms in total. The highest BCUT2D eigenvalue weighted by atomic mass is 16.5. The van der Waals surface area contributed by atoms with Crippen molar-refractivity contribution in [3.05, 3.63) is 29.8 Å². The molecule has 2 amide bonds. The standard InChI is InChI=1S/C15H20N2O3/c1-3-7-17-14(18)9-13(15(17)19)16-10-11-5-4-6-12(8-11)20-2/h4-6,8,13,16H,3,7,9-10H2,1-2H3. The molecular weight excluding hydrogens is 256 g/mol. The van der Waals surface area contributed by atoms with Crippen LogP contribution in [-0.2, 0) is 16.1 Å². The van der Waals surface area contributed by atoms with E-state index in [9.17, 15) is 9.59 Å². The highest BCUT2D eigenvalue weighted by molar-refractivity contribution is 6.05. The van der Waals surface area contributed by atoms with Crippen molar-refractivity contribution < 1.29 is 14.3 Å². The summed E-state index contributed by atoms with van der Waals surface area (Å²) >= 11 is 0. The highest BCUT2D eigenvalue weighted by Gasteiger charge is 2.37. The number of carbonyl (C=O) groups is 2. The average molecular weight is 276 g/mol. The van der Waals surface area contributed by atoms with Crippen molar-refractivity contribution in [3.63, 3.8) is 0 Å². The van der Waals surface area contributed by atoms with Gasteiger partial charge in [0.15, 0.2) is 0 Å². The number of amides is 2. The van der Waals surface area contributed by atoms with Gasteiger partial charge in [-0.05, 0) is 24.1 Å². The number of ether oxygens (including phenoxy) is 1. The Labute approximate surface area is 118 Å². The highest BCUT2D eigenvalue weighted by Crippen LogP contribution is 2.16. The van der Waals surface area contributed by atoms with Crippen LogP contribution in [0.2, 0.25) is 0 Å². The topological polar surface area (TPSA) is 58.6 Å². The number of hydrogen-bond acceptors (Lipinski definition) is 4. The van der Waals surface area contributed by atoms with E-state index in [0.29, 0.717) is 13.1 Å². The quantitative estimate of drug-likeness (QED) is 0.796. The Morgan fingerprint density at radius 2 is 2.20 bits per heavy atom. The third kappa shape index (κ3) is 3.17. The molecule has 0 aliphatic carbocycles. The van der Waals surface area contributed by atoms with Crippen LogP contribution in [0.3, 0.4) is 0 Å². The lowest BCUT2D eigenvalue weighted by molar-refractivity contribution is -0.138. The molecule has 108 valence electrons. The minimum absolute atomic E-state index is 0.0833. The first-order valence-electron chi connectivity index (χ1n) is 6.86. The van der Waals surface area contributed by atoms with E-state index in [1.54, 1.807) is 7.11 Å². The van der Waals surface area contributed by atoms with E-state index in [1.165, 1.54) is 4.90 Å². The van der Waals surface area contributed by atoms with E-state index in [-0.39, 0.29) is 18.2 Å². The Kier molecular flexibility index (Phi) is 4.74. The lowest BCUT2D eigenvalue weighted by atomic mass is 10.2. The second kappa shape index (κ2) is 6.52. The van der Waals surface area contributed by atoms with Crippen LogP contribution in [0.1, 0.15) is 25.3 Å². The molecule has 1 aliphatic heterocycles. The molecule has 2 rings (SSSR count). The van der Waals surface area contributed by atoms with Crippen LogP contribution in [0.5, 0.6) is 5.75 Å². The first-order valence-corrected chi connectivity index (χ1v) is 6.86. The molecule has 0 spiro atoms. The third-order valence-corrected chi connectivity index (χ3v) is 3.38. The number of hydrogen-bond donors (Lipinski definition) is 1. The van der Waals surface area contributed by atoms with Crippen LogP contribution in [-0.4, -0.2) is 36.4 Å². The zero-order chi connectivity index (χ0) is 14.5. The first-order chi connectivity index (χ1) is 9.65. The van der Waals surface area contributed by atoms with Gasteiger partial charge < -0.3 is 10.1 Å². The fourth-order valence-corrected chi connectivity index (χ4v) is 2.32. The summed E-state index contributed by atoms with van der Waals surface area (Å²) in [7, 11) is 1.62. The van der Waals surface area contributed by atoms with Gasteiger partial charge in [0, 0.05) is 13.1 Å². The van der Waals surface area contributed by atoms with Crippen LogP contribution in [0.15, 0.2) is 24.3 Å². The van der Waals surface area contributed by atoms with Crippen molar-refractivity contribution in [1.82, 2.24) is 10.2 Å². The normalized spacial score (nSPS) is 18.7. The minimum atomic E-state index is -0.403. The Hall–Kier alpha value is -1.88. The molecular formula is C15H20N2O3. The summed E-state index contributed by atoms with van der Waals surface area (Å²) in [4.78, 5) is 25.2. The molecule has 0 radical (unpaired) electrons. The van der Waals surface area contributed by atoms with Gasteiger partial charge in [-0.2, -0.15) is 0 Å². The van der Waals surface area contributed by atoms with Gasteiger partial charge in [0.05, 0.1) is 19.6 Å². The predicted molar refractivity (Wildman–Crippen MR) is 75.2 cm³/mol. The summed E-state index contributed by atoms with van der Waals surface area (Å²) < 4.78 is 5.16. The number of rotatable bonds is 6. The van der Waals surface area contributed by atoms with Crippen LogP contribution in [0.4, 0.5) is 0 Å². The summed E-state index contributed by atoms with van der Waals surface area (Å²) in [5.41, 5.74) is 1.03. The maximum absolute atomic E-state index is 12.1. The van der Waals surface area contributed by atoms with E-state index in [0.717, 1.165) is 17.7 Å². The lowest BCUT2D eigenvalue weighted by Crippen LogP contribution is -2.38. The van der Waals surface area contributed by atoms with Crippen molar-refractivity contribution in [2.75, 3.05) is 13.7 Å². The summed E-state index contributed by atoms with van der Waals surface area (Å²) in [5, 5.41) is 3.15. The molecule has 1 aliphatic rings. The number of likely N-dealkylation sites (tertiary alicyclic amines) is 1. The smallest absolute Gasteiger partial charge is 0.246 e. The number of methoxy groups -OCH3 is 1. The molecule has 1 N–H and O–H groups in total. The van der Waals surface area contributed by atoms with E-state index in [2.05, 4.69) is 5.32 Å². The molecule has 20 heavy (non-hydrogen) atoms. The van der Waals surface area contributed by atoms with Gasteiger partial charge in [-0.15, -0.1) is 0 Å². The summed E-state index contributed by atoms with van der Waals surface area (Å²) in [6.07, 6.45) is 1.04. The van der Waals surface area contributed by atoms with E-state index in [4.69, 9.17) is 4.74 Å². The first kappa shape index (κ1) is 14.5. The van der Waals surface area contributed by atoms with Crippen molar-refractivity contribution in [1.29, 1.82) is 0 Å². The van der Waals surface area contributed by atoms with Gasteiger partial charge in [-0.3, -0.25) is 14.5 Å². The second-order valence-corrected chi connectivity index (χ2v) is 4.87. The third-order valence-electron chi connectivity index (χ3n) is 3.38. The Morgan fingerprint density at radius 1 is 1.40 bits per heavy atom. The molecule has 1 heterocycles. The Morgan fingerprint density at radius 3 is 2.90 bits per heavy atom. The van der Waals surface area contributed by atoms with Crippen molar-refractivity contribution in [2.24, 2.45) is 0 Å². The Balaban J connectivity index is 1.94. The maximum Gasteiger partial charge on any atom is 0.246 e. The van der Waals surface area contributed by atoms with Gasteiger partial charge in [0.25, 0.3) is 0 Å². The minimum Gasteiger partial charge on any atom is -0.497 e. The number of nitrogens with zero attached hydrogens (tertiary/aromatic N) is 1. The predicted octanol–water partition coefficient (Wildman–Crippen LogP) is 1.32. The number of benzene rings is 1. The molecule has 0 bridgehead atoms. The number of nitrogens with one attached hydrogen (secondary N) is 1. The van der Waals surface area contributed by atoms with Gasteiger partial charge >= 0.3 is 0 Å². The van der Waals surface area contributed by atoms with Crippen molar-refractivity contribution in [2.45, 2.75) is 32.4 Å². The SMILES string of the molecule is CCCN1C(=O)CC(NCc2cccc(OC)c2)C1=O. The fraction of sp³-hybridized carbons (Fsp3) is 0.467. The molecule has 0 saturated carbocycles. The van der Waals surface area contributed by atoms with E-state index >= 15 is 0 Å². The van der Waals surface area contributed by atoms with Crippen molar-refractivity contribution >= 4 is 11.8 Å². The van der Waals surface area contributed by atoms with Gasteiger partial charge in [0.1, 0.15) is 5.75 Å². The molecule has 1 unspecified atom stereocenters. The maximum atomic E-state index is 12.1. The molecule has 1 aromatic rings.